The summed E-state index contributed by atoms with van der Waals surface area (Å²) >= 11 is 0. The third-order valence-electron chi connectivity index (χ3n) is 0.490. The fraction of sp³-hybridized carbons (Fsp3) is 0. The van der Waals surface area contributed by atoms with Crippen molar-refractivity contribution in [2.24, 2.45) is 0 Å². The van der Waals surface area contributed by atoms with Gasteiger partial charge in [-0.1, -0.05) is 0 Å². The summed E-state index contributed by atoms with van der Waals surface area (Å²) in [6.45, 7) is 0. The Morgan fingerprint density at radius 3 is 2.29 bits per heavy atom. The van der Waals surface area contributed by atoms with E-state index in [0.29, 0.717) is 0 Å². The molecule has 1 aliphatic rings. The van der Waals surface area contributed by atoms with Gasteiger partial charge in [0.2, 0.25) is 0 Å². The number of hydrogen-bond acceptors (Lipinski definition) is 3. The molecule has 0 aromatic carbocycles. The molecule has 1 aliphatic heterocycles. The van der Waals surface area contributed by atoms with Crippen molar-refractivity contribution in [1.82, 2.24) is 5.48 Å². The van der Waals surface area contributed by atoms with Crippen LogP contribution in [0.4, 0.5) is 0 Å². The Bertz CT molecular complexity index is 75.7. The summed E-state index contributed by atoms with van der Waals surface area (Å²) in [7, 11) is 0. The largest absolute Gasteiger partial charge is 0.870 e. The van der Waals surface area contributed by atoms with Gasteiger partial charge in [-0.25, -0.2) is 5.48 Å². The number of nitrogens with one attached hydrogen (secondary N) is 1. The third-order valence-corrected chi connectivity index (χ3v) is 0.490. The molecule has 0 aliphatic carbocycles. The zero-order valence-corrected chi connectivity index (χ0v) is 3.66. The van der Waals surface area contributed by atoms with Crippen LogP contribution in [0.25, 0.3) is 0 Å². The van der Waals surface area contributed by atoms with Crippen LogP contribution in [-0.4, -0.2) is 5.48 Å². The minimum Gasteiger partial charge on any atom is -0.870 e. The molecule has 0 saturated carbocycles. The molecule has 0 aromatic heterocycles. The molecule has 0 saturated heterocycles. The van der Waals surface area contributed by atoms with Crippen LogP contribution in [0.1, 0.15) is 0 Å². The highest BCUT2D eigenvalue weighted by atomic mass is 16.6. The first-order valence-corrected chi connectivity index (χ1v) is 1.73. The summed E-state index contributed by atoms with van der Waals surface area (Å²) in [5, 5.41) is 0. The Hall–Kier alpha value is -0.960. The zero-order chi connectivity index (χ0) is 4.24. The molecule has 40 valence electrons. The SMILES string of the molecule is C1=CNOC=C1.[OH-]. The van der Waals surface area contributed by atoms with Gasteiger partial charge in [0.15, 0.2) is 0 Å². The molecule has 0 spiro atoms. The summed E-state index contributed by atoms with van der Waals surface area (Å²) in [5.41, 5.74) is 2.52. The monoisotopic (exact) mass is 100 g/mol. The molecule has 0 amide bonds. The molecule has 3 nitrogen and oxygen atoms in total. The van der Waals surface area contributed by atoms with Crippen molar-refractivity contribution in [1.29, 1.82) is 0 Å². The smallest absolute Gasteiger partial charge is 0.119 e. The lowest BCUT2D eigenvalue weighted by molar-refractivity contribution is 0.172. The molecular formula is C4H6NO2-. The molecule has 3 heteroatoms. The average molecular weight is 100 g/mol. The van der Waals surface area contributed by atoms with E-state index in [4.69, 9.17) is 0 Å². The first-order chi connectivity index (χ1) is 3.00. The van der Waals surface area contributed by atoms with E-state index >= 15 is 0 Å². The van der Waals surface area contributed by atoms with E-state index < -0.39 is 0 Å². The van der Waals surface area contributed by atoms with Crippen LogP contribution in [0.3, 0.4) is 0 Å². The van der Waals surface area contributed by atoms with Crippen LogP contribution < -0.4 is 5.48 Å². The van der Waals surface area contributed by atoms with Crippen molar-refractivity contribution < 1.29 is 10.3 Å². The van der Waals surface area contributed by atoms with E-state index in [1.165, 1.54) is 0 Å². The summed E-state index contributed by atoms with van der Waals surface area (Å²) in [6.07, 6.45) is 6.93. The number of hydrogen-bond donors (Lipinski definition) is 1. The van der Waals surface area contributed by atoms with Gasteiger partial charge in [-0.3, -0.25) is 0 Å². The van der Waals surface area contributed by atoms with Gasteiger partial charge < -0.3 is 10.3 Å². The van der Waals surface area contributed by atoms with Crippen LogP contribution in [0.2, 0.25) is 0 Å². The van der Waals surface area contributed by atoms with E-state index in [9.17, 15) is 0 Å². The Balaban J connectivity index is 0.000000360. The van der Waals surface area contributed by atoms with E-state index in [2.05, 4.69) is 10.3 Å². The molecule has 2 N–H and O–H groups in total. The minimum atomic E-state index is 0. The fourth-order valence-electron chi connectivity index (χ4n) is 0.258. The van der Waals surface area contributed by atoms with E-state index in [1.807, 2.05) is 6.08 Å². The maximum Gasteiger partial charge on any atom is 0.119 e. The van der Waals surface area contributed by atoms with Gasteiger partial charge in [0.25, 0.3) is 0 Å². The van der Waals surface area contributed by atoms with Gasteiger partial charge in [0.1, 0.15) is 6.26 Å². The van der Waals surface area contributed by atoms with Crippen LogP contribution in [0, 0.1) is 0 Å². The molecule has 0 atom stereocenters. The van der Waals surface area contributed by atoms with Gasteiger partial charge in [0.05, 0.1) is 0 Å². The first kappa shape index (κ1) is 6.04. The van der Waals surface area contributed by atoms with E-state index in [0.717, 1.165) is 0 Å². The zero-order valence-electron chi connectivity index (χ0n) is 3.66. The second-order valence-electron chi connectivity index (χ2n) is 0.923. The molecule has 0 radical (unpaired) electrons. The Morgan fingerprint density at radius 1 is 1.29 bits per heavy atom. The van der Waals surface area contributed by atoms with Crippen molar-refractivity contribution >= 4 is 0 Å². The standard InChI is InChI=1S/C4H5NO.H2O/c1-2-4-6-5-3-1;/h1-5H;1H2/p-1. The topological polar surface area (TPSA) is 51.3 Å². The van der Waals surface area contributed by atoms with E-state index in [1.54, 1.807) is 18.5 Å². The highest BCUT2D eigenvalue weighted by Gasteiger charge is 1.72. The van der Waals surface area contributed by atoms with Crippen LogP contribution in [0.5, 0.6) is 0 Å². The van der Waals surface area contributed by atoms with Gasteiger partial charge in [-0.15, -0.1) is 0 Å². The Labute approximate surface area is 41.5 Å². The maximum atomic E-state index is 4.55. The first-order valence-electron chi connectivity index (χ1n) is 1.73. The predicted molar refractivity (Wildman–Crippen MR) is 24.4 cm³/mol. The molecule has 7 heavy (non-hydrogen) atoms. The fourth-order valence-corrected chi connectivity index (χ4v) is 0.258. The molecule has 0 fully saturated rings. The molecule has 0 aromatic rings. The molecular weight excluding hydrogens is 94.0 g/mol. The minimum absolute atomic E-state index is 0. The van der Waals surface area contributed by atoms with Gasteiger partial charge >= 0.3 is 0 Å². The molecule has 1 heterocycles. The lowest BCUT2D eigenvalue weighted by atomic mass is 10.6. The molecule has 0 bridgehead atoms. The van der Waals surface area contributed by atoms with Crippen molar-refractivity contribution in [3.8, 4) is 0 Å². The summed E-state index contributed by atoms with van der Waals surface area (Å²) in [5.74, 6) is 0. The maximum absolute atomic E-state index is 4.55. The highest BCUT2D eigenvalue weighted by Crippen LogP contribution is 1.80. The summed E-state index contributed by atoms with van der Waals surface area (Å²) < 4.78 is 0. The van der Waals surface area contributed by atoms with Crippen LogP contribution in [-0.2, 0) is 4.84 Å². The lowest BCUT2D eigenvalue weighted by Crippen LogP contribution is -2.01. The number of allylic oxidation sites excluding steroid dienone is 2. The highest BCUT2D eigenvalue weighted by molar-refractivity contribution is 5.00. The molecule has 1 rings (SSSR count). The second-order valence-corrected chi connectivity index (χ2v) is 0.923. The van der Waals surface area contributed by atoms with Crippen molar-refractivity contribution in [2.45, 2.75) is 0 Å². The van der Waals surface area contributed by atoms with Gasteiger partial charge in [0, 0.05) is 6.20 Å². The Kier molecular flexibility index (Phi) is 2.79. The lowest BCUT2D eigenvalue weighted by Gasteiger charge is -1.97. The summed E-state index contributed by atoms with van der Waals surface area (Å²) in [6, 6.07) is 0. The normalized spacial score (nSPS) is 13.7. The quantitative estimate of drug-likeness (QED) is 0.478. The average Bonchev–Trinajstić information content (AvgIpc) is 1.72. The van der Waals surface area contributed by atoms with Gasteiger partial charge in [-0.05, 0) is 12.2 Å². The predicted octanol–water partition coefficient (Wildman–Crippen LogP) is 0.372. The van der Waals surface area contributed by atoms with Crippen molar-refractivity contribution in [3.05, 3.63) is 24.6 Å². The second kappa shape index (κ2) is 3.24. The third kappa shape index (κ3) is 1.83. The van der Waals surface area contributed by atoms with Crippen molar-refractivity contribution in [2.75, 3.05) is 0 Å². The van der Waals surface area contributed by atoms with Crippen LogP contribution >= 0.6 is 0 Å². The Morgan fingerprint density at radius 2 is 2.14 bits per heavy atom. The van der Waals surface area contributed by atoms with Crippen LogP contribution in [0.15, 0.2) is 24.6 Å². The molecule has 0 unspecified atom stereocenters. The number of rotatable bonds is 0. The summed E-state index contributed by atoms with van der Waals surface area (Å²) in [4.78, 5) is 4.55. The number of hydroxylamine groups is 1. The van der Waals surface area contributed by atoms with Gasteiger partial charge in [-0.2, -0.15) is 0 Å². The van der Waals surface area contributed by atoms with Crippen molar-refractivity contribution in [3.63, 3.8) is 0 Å². The van der Waals surface area contributed by atoms with E-state index in [-0.39, 0.29) is 5.48 Å².